The molecule has 0 spiro atoms. The minimum Gasteiger partial charge on any atom is -0.299 e. The first-order chi connectivity index (χ1) is 22.1. The average Bonchev–Trinajstić information content (AvgIpc) is 3.48. The first kappa shape index (κ1) is 26.8. The number of hydrogen-bond acceptors (Lipinski definition) is 2. The van der Waals surface area contributed by atoms with Crippen LogP contribution in [0.4, 0.5) is 0 Å². The van der Waals surface area contributed by atoms with Crippen LogP contribution < -0.4 is 0 Å². The van der Waals surface area contributed by atoms with E-state index in [-0.39, 0.29) is 0 Å². The summed E-state index contributed by atoms with van der Waals surface area (Å²) in [7, 11) is 0. The van der Waals surface area contributed by atoms with E-state index < -0.39 is 0 Å². The molecule has 0 fully saturated rings. The highest BCUT2D eigenvalue weighted by atomic mass is 15.0. The number of aromatic nitrogens is 3. The summed E-state index contributed by atoms with van der Waals surface area (Å²) in [6.07, 6.45) is 2.09. The average molecular weight is 578 g/mol. The standard InChI is InChI=1S/C42H31N3/c1-28-23-34(24-29(2)43-28)36-25-35(26-37(27-36)39-16-10-14-31-11-6-7-15-38(31)39)30-18-20-32(21-19-30)41-42(33-12-4-3-5-13-33)45-22-9-8-17-40(45)44-41/h3-27H,1-2H3. The fourth-order valence-corrected chi connectivity index (χ4v) is 6.48. The number of rotatable bonds is 5. The lowest BCUT2D eigenvalue weighted by Gasteiger charge is -2.14. The maximum Gasteiger partial charge on any atom is 0.137 e. The van der Waals surface area contributed by atoms with Gasteiger partial charge in [-0.15, -0.1) is 0 Å². The molecule has 3 nitrogen and oxygen atoms in total. The van der Waals surface area contributed by atoms with Gasteiger partial charge in [-0.2, -0.15) is 0 Å². The number of aryl methyl sites for hydroxylation is 2. The number of imidazole rings is 1. The molecule has 0 N–H and O–H groups in total. The Morgan fingerprint density at radius 2 is 1.07 bits per heavy atom. The monoisotopic (exact) mass is 577 g/mol. The highest BCUT2D eigenvalue weighted by molar-refractivity contribution is 5.98. The summed E-state index contributed by atoms with van der Waals surface area (Å²) in [6, 6.07) is 52.0. The molecule has 3 heteroatoms. The molecule has 0 atom stereocenters. The fraction of sp³-hybridized carbons (Fsp3) is 0.0476. The Labute approximate surface area is 263 Å². The molecule has 0 saturated carbocycles. The maximum absolute atomic E-state index is 5.07. The summed E-state index contributed by atoms with van der Waals surface area (Å²) in [5.74, 6) is 0. The molecular formula is C42H31N3. The molecule has 0 saturated heterocycles. The molecule has 5 aromatic carbocycles. The Morgan fingerprint density at radius 3 is 1.87 bits per heavy atom. The predicted octanol–water partition coefficient (Wildman–Crippen LogP) is 10.8. The summed E-state index contributed by atoms with van der Waals surface area (Å²) in [5.41, 5.74) is 14.4. The SMILES string of the molecule is Cc1cc(-c2cc(-c3ccc(-c4nc5ccccn5c4-c4ccccc4)cc3)cc(-c3cccc4ccccc34)c2)cc(C)n1. The van der Waals surface area contributed by atoms with Gasteiger partial charge in [0.2, 0.25) is 0 Å². The van der Waals surface area contributed by atoms with Crippen LogP contribution in [0, 0.1) is 13.8 Å². The third-order valence-corrected chi connectivity index (χ3v) is 8.52. The van der Waals surface area contributed by atoms with E-state index in [9.17, 15) is 0 Å². The van der Waals surface area contributed by atoms with Crippen molar-refractivity contribution in [1.82, 2.24) is 14.4 Å². The van der Waals surface area contributed by atoms with Crippen LogP contribution in [0.15, 0.2) is 152 Å². The summed E-state index contributed by atoms with van der Waals surface area (Å²) < 4.78 is 2.18. The van der Waals surface area contributed by atoms with Crippen molar-refractivity contribution in [1.29, 1.82) is 0 Å². The Morgan fingerprint density at radius 1 is 0.444 bits per heavy atom. The lowest BCUT2D eigenvalue weighted by Crippen LogP contribution is -1.91. The number of fused-ring (bicyclic) bond motifs is 2. The highest BCUT2D eigenvalue weighted by Crippen LogP contribution is 2.38. The van der Waals surface area contributed by atoms with Crippen LogP contribution in [-0.2, 0) is 0 Å². The lowest BCUT2D eigenvalue weighted by atomic mass is 9.91. The first-order valence-corrected chi connectivity index (χ1v) is 15.3. The molecular weight excluding hydrogens is 546 g/mol. The van der Waals surface area contributed by atoms with Crippen molar-refractivity contribution in [3.05, 3.63) is 163 Å². The normalized spacial score (nSPS) is 11.3. The molecule has 214 valence electrons. The Kier molecular flexibility index (Phi) is 6.57. The minimum absolute atomic E-state index is 0.936. The summed E-state index contributed by atoms with van der Waals surface area (Å²) in [6.45, 7) is 4.13. The molecule has 0 aliphatic rings. The van der Waals surface area contributed by atoms with E-state index in [4.69, 9.17) is 4.98 Å². The van der Waals surface area contributed by atoms with Crippen LogP contribution in [0.1, 0.15) is 11.4 Å². The molecule has 0 aliphatic heterocycles. The molecule has 45 heavy (non-hydrogen) atoms. The first-order valence-electron chi connectivity index (χ1n) is 15.3. The van der Waals surface area contributed by atoms with E-state index in [0.29, 0.717) is 0 Å². The number of pyridine rings is 2. The van der Waals surface area contributed by atoms with E-state index in [2.05, 4.69) is 169 Å². The zero-order chi connectivity index (χ0) is 30.3. The van der Waals surface area contributed by atoms with Gasteiger partial charge in [-0.25, -0.2) is 4.98 Å². The van der Waals surface area contributed by atoms with Crippen LogP contribution in [-0.4, -0.2) is 14.4 Å². The van der Waals surface area contributed by atoms with Gasteiger partial charge in [0.05, 0.1) is 11.4 Å². The third-order valence-electron chi connectivity index (χ3n) is 8.52. The minimum atomic E-state index is 0.936. The molecule has 3 heterocycles. The van der Waals surface area contributed by atoms with Gasteiger partial charge in [-0.1, -0.05) is 103 Å². The van der Waals surface area contributed by atoms with Crippen molar-refractivity contribution in [3.63, 3.8) is 0 Å². The van der Waals surface area contributed by atoms with Crippen molar-refractivity contribution in [2.75, 3.05) is 0 Å². The van der Waals surface area contributed by atoms with Crippen LogP contribution >= 0.6 is 0 Å². The zero-order valence-corrected chi connectivity index (χ0v) is 25.3. The van der Waals surface area contributed by atoms with Crippen LogP contribution in [0.2, 0.25) is 0 Å². The lowest BCUT2D eigenvalue weighted by molar-refractivity contribution is 1.12. The van der Waals surface area contributed by atoms with Gasteiger partial charge in [0.25, 0.3) is 0 Å². The number of benzene rings is 5. The zero-order valence-electron chi connectivity index (χ0n) is 25.3. The summed E-state index contributed by atoms with van der Waals surface area (Å²) in [4.78, 5) is 9.71. The molecule has 3 aromatic heterocycles. The van der Waals surface area contributed by atoms with Crippen molar-refractivity contribution in [2.24, 2.45) is 0 Å². The second kappa shape index (κ2) is 11.0. The van der Waals surface area contributed by atoms with Gasteiger partial charge in [0.1, 0.15) is 5.65 Å². The molecule has 0 unspecified atom stereocenters. The fourth-order valence-electron chi connectivity index (χ4n) is 6.48. The smallest absolute Gasteiger partial charge is 0.137 e. The van der Waals surface area contributed by atoms with Gasteiger partial charge in [0, 0.05) is 28.7 Å². The largest absolute Gasteiger partial charge is 0.299 e. The van der Waals surface area contributed by atoms with Crippen molar-refractivity contribution in [2.45, 2.75) is 13.8 Å². The van der Waals surface area contributed by atoms with Crippen LogP contribution in [0.3, 0.4) is 0 Å². The Bertz CT molecular complexity index is 2300. The highest BCUT2D eigenvalue weighted by Gasteiger charge is 2.16. The molecule has 0 aliphatic carbocycles. The van der Waals surface area contributed by atoms with Crippen molar-refractivity contribution >= 4 is 16.4 Å². The Balaban J connectivity index is 1.28. The van der Waals surface area contributed by atoms with Crippen molar-refractivity contribution < 1.29 is 0 Å². The molecule has 8 rings (SSSR count). The molecule has 8 aromatic rings. The van der Waals surface area contributed by atoms with E-state index in [1.165, 1.54) is 38.6 Å². The van der Waals surface area contributed by atoms with E-state index in [1.807, 2.05) is 6.07 Å². The topological polar surface area (TPSA) is 30.2 Å². The number of hydrogen-bond donors (Lipinski definition) is 0. The van der Waals surface area contributed by atoms with E-state index in [1.54, 1.807) is 0 Å². The predicted molar refractivity (Wildman–Crippen MR) is 187 cm³/mol. The van der Waals surface area contributed by atoms with Crippen molar-refractivity contribution in [3.8, 4) is 55.9 Å². The second-order valence-electron chi connectivity index (χ2n) is 11.6. The third kappa shape index (κ3) is 4.99. The van der Waals surface area contributed by atoms with Gasteiger partial charge >= 0.3 is 0 Å². The van der Waals surface area contributed by atoms with Gasteiger partial charge in [-0.05, 0) is 100 Å². The quantitative estimate of drug-likeness (QED) is 0.204. The second-order valence-corrected chi connectivity index (χ2v) is 11.6. The van der Waals surface area contributed by atoms with E-state index in [0.717, 1.165) is 45.1 Å². The summed E-state index contributed by atoms with van der Waals surface area (Å²) in [5, 5.41) is 2.49. The summed E-state index contributed by atoms with van der Waals surface area (Å²) >= 11 is 0. The van der Waals surface area contributed by atoms with Gasteiger partial charge in [0.15, 0.2) is 0 Å². The maximum atomic E-state index is 5.07. The van der Waals surface area contributed by atoms with Crippen LogP contribution in [0.25, 0.3) is 72.3 Å². The van der Waals surface area contributed by atoms with Crippen LogP contribution in [0.5, 0.6) is 0 Å². The van der Waals surface area contributed by atoms with E-state index >= 15 is 0 Å². The number of nitrogens with zero attached hydrogens (tertiary/aromatic N) is 3. The molecule has 0 amide bonds. The molecule has 0 radical (unpaired) electrons. The van der Waals surface area contributed by atoms with Gasteiger partial charge in [-0.3, -0.25) is 9.38 Å². The van der Waals surface area contributed by atoms with Gasteiger partial charge < -0.3 is 0 Å². The molecule has 0 bridgehead atoms. The Hall–Kier alpha value is -5.80.